The molecular formula is C55H68FeN11O20P3S. The largest absolute Gasteiger partial charge is 4.00 e. The number of hydrogen-bond donors (Lipinski definition) is 11. The van der Waals surface area contributed by atoms with Gasteiger partial charge in [0, 0.05) is 55.4 Å². The van der Waals surface area contributed by atoms with E-state index in [9.17, 15) is 72.9 Å². The minimum Gasteiger partial charge on any atom is -0.661 e. The second kappa shape index (κ2) is 29.3. The molecule has 36 heteroatoms. The monoisotopic (exact) mass is 1380 g/mol. The standard InChI is InChI=1S/C55H68N11O20P3S.Fe/c1-9-31-26(2)36-20-41-46(30(6)67)29(5)37(65-41)18-34-27(3)32(10-12-44(69)70)39(63-34)21-40-33(28(4)35(64-40)19-38(31)62-36)11-13-45(71)90-17-16-57-43(68)14-15-58-53(74)50(73)55(7,8)23-83-89(80,81)86-88(78,79)82-22-42-49(85-87(75,76)77)48(72)54(84-42)66-25-61-47-51(56)59-24-60-52(47)66;/h9,18-21,24-25,31,42,46,48-50,54,67,72-73H,1,6,10-17,22-23H2,2-5,7-8H3,(H,57,68)(H,58,74)(H,69,70)(H,78,79)(H,80,81)(H2,56,59,60)(H2,75,76,77);/q-4;+4/b34-18-,38-19+,39-21?,41-20-;. The SMILES string of the molecule is C=CC1C(C)=C2/C=C3\[N-]C(=C(C)C3C(=C)O)/C=c3\[n-]c(c(CCC(=O)O)c3C)=Cc3[n-]c(c(C)c3CCC(=O)SCCNC(=O)CCNC(=O)C(O)C(C)(C)COP(=O)(O)OP(=O)(O)OCC3OC(n4cnc5c(N)ncnc54)C(O)C3OP(=O)(O)O)/C=C\1[N-]2.[Fe+4]. The quantitative estimate of drug-likeness (QED) is 0.0134. The van der Waals surface area contributed by atoms with Crippen LogP contribution in [0, 0.1) is 31.1 Å². The van der Waals surface area contributed by atoms with Crippen LogP contribution in [0.5, 0.6) is 0 Å². The molecule has 2 amide bonds. The Hall–Kier alpha value is -6.31. The van der Waals surface area contributed by atoms with E-state index in [1.165, 1.54) is 13.8 Å². The minimum absolute atomic E-state index is 0. The first-order chi connectivity index (χ1) is 42.2. The van der Waals surface area contributed by atoms with Gasteiger partial charge in [0.2, 0.25) is 11.8 Å². The summed E-state index contributed by atoms with van der Waals surface area (Å²) in [6.45, 7) is 15.6. The number of carbonyl (C=O) groups is 4. The molecule has 0 aromatic carbocycles. The maximum absolute atomic E-state index is 13.4. The van der Waals surface area contributed by atoms with E-state index in [1.54, 1.807) is 18.2 Å². The van der Waals surface area contributed by atoms with E-state index in [0.717, 1.165) is 56.8 Å². The molecule has 4 aliphatic rings. The van der Waals surface area contributed by atoms with E-state index >= 15 is 0 Å². The zero-order chi connectivity index (χ0) is 65.9. The summed E-state index contributed by atoms with van der Waals surface area (Å²) in [7, 11) is -16.6. The Balaban J connectivity index is 0.0000118. The number of carbonyl (C=O) groups excluding carboxylic acids is 3. The van der Waals surface area contributed by atoms with E-state index in [4.69, 9.17) is 40.1 Å². The normalized spacial score (nSPS) is 23.0. The van der Waals surface area contributed by atoms with Crippen LogP contribution >= 0.6 is 35.2 Å². The van der Waals surface area contributed by atoms with Crippen LogP contribution in [0.25, 0.3) is 40.0 Å². The topological polar surface area (TPSA) is 478 Å². The van der Waals surface area contributed by atoms with Gasteiger partial charge in [-0.1, -0.05) is 96.0 Å². The second-order valence-corrected chi connectivity index (χ2v) is 27.5. The number of nitrogen functional groups attached to an aromatic ring is 1. The molecule has 0 radical (unpaired) electrons. The van der Waals surface area contributed by atoms with Crippen molar-refractivity contribution in [1.29, 1.82) is 0 Å². The van der Waals surface area contributed by atoms with Gasteiger partial charge in [-0.15, -0.1) is 51.5 Å². The van der Waals surface area contributed by atoms with Crippen LogP contribution in [0.15, 0.2) is 77.7 Å². The van der Waals surface area contributed by atoms with Gasteiger partial charge in [0.1, 0.15) is 36.3 Å². The fourth-order valence-corrected chi connectivity index (χ4v) is 13.9. The Morgan fingerprint density at radius 3 is 2.22 bits per heavy atom. The predicted molar refractivity (Wildman–Crippen MR) is 325 cm³/mol. The van der Waals surface area contributed by atoms with Crippen molar-refractivity contribution in [2.24, 2.45) is 17.3 Å². The first-order valence-corrected chi connectivity index (χ1v) is 33.2. The number of nitrogens with one attached hydrogen (secondary N) is 2. The van der Waals surface area contributed by atoms with Crippen LogP contribution in [-0.4, -0.2) is 139 Å². The van der Waals surface area contributed by atoms with Gasteiger partial charge in [-0.3, -0.25) is 37.3 Å². The molecular weight excluding hydrogens is 1320 g/mol. The van der Waals surface area contributed by atoms with Crippen molar-refractivity contribution in [2.45, 2.75) is 104 Å². The number of amides is 2. The van der Waals surface area contributed by atoms with E-state index in [2.05, 4.69) is 47.6 Å². The summed E-state index contributed by atoms with van der Waals surface area (Å²) in [5, 5.41) is 58.1. The third-order valence-corrected chi connectivity index (χ3v) is 19.2. The number of nitrogens with zero attached hydrogens (tertiary/aromatic N) is 8. The maximum Gasteiger partial charge on any atom is 4.00 e. The maximum atomic E-state index is 13.4. The number of fused-ring (bicyclic) bond motifs is 9. The number of hydrogen-bond acceptors (Lipinski definition) is 20. The number of aliphatic hydroxyl groups is 3. The number of aliphatic hydroxyl groups excluding tert-OH is 3. The van der Waals surface area contributed by atoms with Crippen molar-refractivity contribution < 1.29 is 113 Å². The first-order valence-electron chi connectivity index (χ1n) is 27.7. The number of ether oxygens (including phenoxy) is 1. The summed E-state index contributed by atoms with van der Waals surface area (Å²) in [6, 6.07) is 0. The number of nitrogens with two attached hydrogens (primary N) is 1. The summed E-state index contributed by atoms with van der Waals surface area (Å²) in [6.07, 6.45) is 2.20. The number of rotatable bonds is 27. The second-order valence-electron chi connectivity index (χ2n) is 22.1. The molecule has 8 rings (SSSR count). The fourth-order valence-electron chi connectivity index (χ4n) is 10.4. The molecule has 0 saturated carbocycles. The minimum atomic E-state index is -5.64. The van der Waals surface area contributed by atoms with Gasteiger partial charge < -0.3 is 81.7 Å². The Labute approximate surface area is 535 Å². The van der Waals surface area contributed by atoms with E-state index < -0.39 is 96.4 Å². The number of phosphoric acid groups is 3. The van der Waals surface area contributed by atoms with Crippen molar-refractivity contribution in [1.82, 2.24) is 40.1 Å². The summed E-state index contributed by atoms with van der Waals surface area (Å²) in [5.74, 6) is -3.36. The molecule has 1 fully saturated rings. The van der Waals surface area contributed by atoms with Crippen molar-refractivity contribution in [2.75, 3.05) is 37.8 Å². The van der Waals surface area contributed by atoms with Crippen LogP contribution < -0.4 is 37.0 Å². The molecule has 8 heterocycles. The molecule has 492 valence electrons. The van der Waals surface area contributed by atoms with Gasteiger partial charge >= 0.3 is 46.5 Å². The molecule has 0 spiro atoms. The van der Waals surface area contributed by atoms with Gasteiger partial charge in [-0.05, 0) is 40.5 Å². The van der Waals surface area contributed by atoms with Crippen LogP contribution in [-0.2, 0) is 85.4 Å². The molecule has 0 aliphatic carbocycles. The van der Waals surface area contributed by atoms with Crippen molar-refractivity contribution >= 4 is 93.3 Å². The smallest absolute Gasteiger partial charge is 0.661 e. The Bertz CT molecular complexity index is 3950. The van der Waals surface area contributed by atoms with E-state index in [-0.39, 0.29) is 102 Å². The average Bonchev–Trinajstić information content (AvgIpc) is 1.67. The van der Waals surface area contributed by atoms with Crippen LogP contribution in [0.3, 0.4) is 0 Å². The molecule has 12 N–H and O–H groups in total. The summed E-state index contributed by atoms with van der Waals surface area (Å²) < 4.78 is 63.0. The zero-order valence-corrected chi connectivity index (χ0v) is 54.4. The number of carboxylic acid groups (broad SMARTS) is 1. The summed E-state index contributed by atoms with van der Waals surface area (Å²) >= 11 is 0.995. The Kier molecular flexibility index (Phi) is 23.2. The molecule has 8 bridgehead atoms. The number of imidazole rings is 1. The van der Waals surface area contributed by atoms with Gasteiger partial charge in [0.15, 0.2) is 22.8 Å². The predicted octanol–water partition coefficient (Wildman–Crippen LogP) is 3.50. The van der Waals surface area contributed by atoms with Gasteiger partial charge in [-0.25, -0.2) is 28.6 Å². The number of allylic oxidation sites excluding steroid dienone is 3. The molecule has 4 aliphatic heterocycles. The van der Waals surface area contributed by atoms with Crippen molar-refractivity contribution in [3.05, 3.63) is 133 Å². The molecule has 4 aromatic rings. The molecule has 9 unspecified atom stereocenters. The van der Waals surface area contributed by atoms with E-state index in [0.29, 0.717) is 50.4 Å². The van der Waals surface area contributed by atoms with Crippen molar-refractivity contribution in [3.63, 3.8) is 0 Å². The van der Waals surface area contributed by atoms with Crippen LogP contribution in [0.4, 0.5) is 5.82 Å². The fraction of sp³-hybridized carbons (Fsp3) is 0.436. The average molecular weight is 1380 g/mol. The third kappa shape index (κ3) is 17.3. The van der Waals surface area contributed by atoms with Gasteiger partial charge in [0.25, 0.3) is 0 Å². The van der Waals surface area contributed by atoms with Crippen molar-refractivity contribution in [3.8, 4) is 0 Å². The van der Waals surface area contributed by atoms with Crippen LogP contribution in [0.2, 0.25) is 0 Å². The van der Waals surface area contributed by atoms with E-state index in [1.807, 2.05) is 39.8 Å². The molecule has 1 saturated heterocycles. The number of thioether (sulfide) groups is 1. The number of aliphatic carboxylic acids is 1. The Morgan fingerprint density at radius 1 is 0.857 bits per heavy atom. The van der Waals surface area contributed by atoms with Gasteiger partial charge in [-0.2, -0.15) is 4.31 Å². The first kappa shape index (κ1) is 72.1. The number of aromatic nitrogens is 6. The number of anilines is 1. The van der Waals surface area contributed by atoms with Gasteiger partial charge in [0.05, 0.1) is 25.3 Å². The van der Waals surface area contributed by atoms with Crippen LogP contribution in [0.1, 0.15) is 86.8 Å². The molecule has 91 heavy (non-hydrogen) atoms. The zero-order valence-electron chi connectivity index (χ0n) is 49.8. The molecule has 31 nitrogen and oxygen atoms in total. The summed E-state index contributed by atoms with van der Waals surface area (Å²) in [4.78, 5) is 113. The molecule has 4 aromatic heterocycles. The summed E-state index contributed by atoms with van der Waals surface area (Å²) in [5.41, 5.74) is 12.4. The number of phosphoric ester groups is 3. The number of carboxylic acids is 1. The third-order valence-electron chi connectivity index (χ3n) is 15.2. The Morgan fingerprint density at radius 2 is 1.54 bits per heavy atom. The molecule has 9 atom stereocenters.